The second kappa shape index (κ2) is 8.11. The van der Waals surface area contributed by atoms with Crippen LogP contribution < -0.4 is 5.32 Å². The Hall–Kier alpha value is -3.42. The van der Waals surface area contributed by atoms with Crippen LogP contribution in [0.3, 0.4) is 0 Å². The molecule has 0 spiro atoms. The van der Waals surface area contributed by atoms with Crippen molar-refractivity contribution < 1.29 is 19.1 Å². The Kier molecular flexibility index (Phi) is 5.43. The van der Waals surface area contributed by atoms with Crippen LogP contribution in [0.4, 0.5) is 4.79 Å². The molecule has 0 aliphatic carbocycles. The van der Waals surface area contributed by atoms with E-state index in [9.17, 15) is 9.59 Å². The van der Waals surface area contributed by atoms with Gasteiger partial charge < -0.3 is 14.8 Å². The van der Waals surface area contributed by atoms with Gasteiger partial charge in [-0.1, -0.05) is 36.4 Å². The molecular formula is C18H18N4O4. The molecule has 26 heavy (non-hydrogen) atoms. The molecule has 1 heterocycles. The fourth-order valence-electron chi connectivity index (χ4n) is 2.49. The summed E-state index contributed by atoms with van der Waals surface area (Å²) < 4.78 is 9.94. The number of nitrogens with zero attached hydrogens (tertiary/aromatic N) is 2. The fourth-order valence-corrected chi connectivity index (χ4v) is 2.49. The summed E-state index contributed by atoms with van der Waals surface area (Å²) >= 11 is 0. The molecule has 8 heteroatoms. The summed E-state index contributed by atoms with van der Waals surface area (Å²) in [6.45, 7) is 0.117. The first-order chi connectivity index (χ1) is 12.7. The number of alkyl carbamates (subject to hydrolysis) is 1. The van der Waals surface area contributed by atoms with Gasteiger partial charge in [-0.05, 0) is 23.3 Å². The van der Waals surface area contributed by atoms with E-state index in [2.05, 4.69) is 20.7 Å². The van der Waals surface area contributed by atoms with E-state index in [4.69, 9.17) is 9.47 Å². The Bertz CT molecular complexity index is 894. The third kappa shape index (κ3) is 4.35. The van der Waals surface area contributed by atoms with E-state index in [-0.39, 0.29) is 13.0 Å². The van der Waals surface area contributed by atoms with Crippen LogP contribution in [0.25, 0.3) is 11.0 Å². The number of H-pyrrole nitrogens is 1. The summed E-state index contributed by atoms with van der Waals surface area (Å²) in [4.78, 5) is 24.1. The molecule has 3 aromatic rings. The van der Waals surface area contributed by atoms with Crippen molar-refractivity contribution in [3.8, 4) is 0 Å². The number of aromatic nitrogens is 3. The Labute approximate surface area is 149 Å². The fraction of sp³-hybridized carbons (Fsp3) is 0.222. The minimum absolute atomic E-state index is 0.117. The lowest BCUT2D eigenvalue weighted by atomic mass is 10.1. The van der Waals surface area contributed by atoms with Crippen LogP contribution >= 0.6 is 0 Å². The van der Waals surface area contributed by atoms with Gasteiger partial charge in [-0.3, -0.25) is 0 Å². The van der Waals surface area contributed by atoms with E-state index < -0.39 is 18.1 Å². The molecule has 2 N–H and O–H groups in total. The number of benzene rings is 2. The average molecular weight is 354 g/mol. The molecule has 0 radical (unpaired) electrons. The number of methoxy groups -OCH3 is 1. The maximum atomic E-state index is 12.0. The average Bonchev–Trinajstić information content (AvgIpc) is 3.14. The second-order valence-electron chi connectivity index (χ2n) is 5.63. The van der Waals surface area contributed by atoms with Crippen LogP contribution in [0, 0.1) is 0 Å². The van der Waals surface area contributed by atoms with Crippen LogP contribution in [-0.4, -0.2) is 40.6 Å². The number of hydrogen-bond donors (Lipinski definition) is 2. The molecule has 1 aromatic heterocycles. The third-order valence-electron chi connectivity index (χ3n) is 3.81. The first-order valence-corrected chi connectivity index (χ1v) is 8.00. The van der Waals surface area contributed by atoms with E-state index in [1.165, 1.54) is 7.11 Å². The van der Waals surface area contributed by atoms with Crippen LogP contribution in [-0.2, 0) is 27.3 Å². The van der Waals surface area contributed by atoms with Gasteiger partial charge in [0.05, 0.1) is 7.11 Å². The van der Waals surface area contributed by atoms with Crippen molar-refractivity contribution in [2.45, 2.75) is 19.1 Å². The summed E-state index contributed by atoms with van der Waals surface area (Å²) in [5, 5.41) is 13.1. The van der Waals surface area contributed by atoms with E-state index >= 15 is 0 Å². The normalized spacial score (nSPS) is 11.7. The lowest BCUT2D eigenvalue weighted by Crippen LogP contribution is -2.43. The quantitative estimate of drug-likeness (QED) is 0.656. The zero-order chi connectivity index (χ0) is 18.4. The highest BCUT2D eigenvalue weighted by Gasteiger charge is 2.23. The van der Waals surface area contributed by atoms with Crippen molar-refractivity contribution in [3.05, 3.63) is 59.7 Å². The molecule has 2 aromatic carbocycles. The number of hydrogen-bond acceptors (Lipinski definition) is 6. The first kappa shape index (κ1) is 17.4. The maximum absolute atomic E-state index is 12.0. The molecule has 0 bridgehead atoms. The number of carbonyl (C=O) groups is 2. The topological polar surface area (TPSA) is 106 Å². The molecule has 0 aliphatic heterocycles. The van der Waals surface area contributed by atoms with Crippen LogP contribution in [0.2, 0.25) is 0 Å². The van der Waals surface area contributed by atoms with Gasteiger partial charge in [-0.15, -0.1) is 0 Å². The van der Waals surface area contributed by atoms with Crippen LogP contribution in [0.1, 0.15) is 11.1 Å². The van der Waals surface area contributed by atoms with Crippen LogP contribution in [0.15, 0.2) is 48.5 Å². The monoisotopic (exact) mass is 354 g/mol. The van der Waals surface area contributed by atoms with Crippen molar-refractivity contribution in [2.24, 2.45) is 0 Å². The van der Waals surface area contributed by atoms with Crippen LogP contribution in [0.5, 0.6) is 0 Å². The second-order valence-corrected chi connectivity index (χ2v) is 5.63. The Balaban J connectivity index is 1.63. The predicted octanol–water partition coefficient (Wildman–Crippen LogP) is 1.97. The third-order valence-corrected chi connectivity index (χ3v) is 3.81. The molecule has 134 valence electrons. The first-order valence-electron chi connectivity index (χ1n) is 8.00. The molecule has 3 rings (SSSR count). The van der Waals surface area contributed by atoms with E-state index in [1.807, 2.05) is 36.4 Å². The number of rotatable bonds is 6. The molecule has 0 fully saturated rings. The van der Waals surface area contributed by atoms with Gasteiger partial charge in [-0.2, -0.15) is 15.4 Å². The number of fused-ring (bicyclic) bond motifs is 1. The van der Waals surface area contributed by atoms with Gasteiger partial charge in [0.2, 0.25) is 0 Å². The minimum Gasteiger partial charge on any atom is -0.467 e. The predicted molar refractivity (Wildman–Crippen MR) is 93.2 cm³/mol. The summed E-state index contributed by atoms with van der Waals surface area (Å²) in [6, 6.07) is 13.8. The summed E-state index contributed by atoms with van der Waals surface area (Å²) in [5.74, 6) is -0.554. The zero-order valence-electron chi connectivity index (χ0n) is 14.1. The van der Waals surface area contributed by atoms with E-state index in [0.29, 0.717) is 5.52 Å². The Morgan fingerprint density at radius 1 is 1.08 bits per heavy atom. The SMILES string of the molecule is COC(=O)[C@@H](Cc1ccc2n[nH]nc2c1)NC(=O)OCc1ccccc1. The van der Waals surface area contributed by atoms with Crippen molar-refractivity contribution in [2.75, 3.05) is 7.11 Å². The highest BCUT2D eigenvalue weighted by atomic mass is 16.6. The molecule has 0 unspecified atom stereocenters. The lowest BCUT2D eigenvalue weighted by molar-refractivity contribution is -0.143. The molecule has 0 aliphatic rings. The summed E-state index contributed by atoms with van der Waals surface area (Å²) in [5.41, 5.74) is 3.07. The van der Waals surface area contributed by atoms with Gasteiger partial charge in [0.25, 0.3) is 0 Å². The molecule has 0 saturated carbocycles. The molecule has 1 atom stereocenters. The highest BCUT2D eigenvalue weighted by molar-refractivity contribution is 5.82. The number of amides is 1. The van der Waals surface area contributed by atoms with Gasteiger partial charge >= 0.3 is 12.1 Å². The number of nitrogens with one attached hydrogen (secondary N) is 2. The maximum Gasteiger partial charge on any atom is 0.408 e. The number of aromatic amines is 1. The van der Waals surface area contributed by atoms with Crippen molar-refractivity contribution >= 4 is 23.1 Å². The lowest BCUT2D eigenvalue weighted by Gasteiger charge is -2.16. The summed E-state index contributed by atoms with van der Waals surface area (Å²) in [7, 11) is 1.27. The zero-order valence-corrected chi connectivity index (χ0v) is 14.1. The largest absolute Gasteiger partial charge is 0.467 e. The van der Waals surface area contributed by atoms with Crippen molar-refractivity contribution in [1.82, 2.24) is 20.7 Å². The standard InChI is InChI=1S/C18H18N4O4/c1-25-17(23)16(10-13-7-8-14-15(9-13)21-22-20-14)19-18(24)26-11-12-5-3-2-4-6-12/h2-9,16H,10-11H2,1H3,(H,19,24)(H,20,21,22)/t16-/m1/s1. The molecule has 0 saturated heterocycles. The van der Waals surface area contributed by atoms with Gasteiger partial charge in [0.15, 0.2) is 0 Å². The number of esters is 1. The van der Waals surface area contributed by atoms with Gasteiger partial charge in [-0.25, -0.2) is 9.59 Å². The molecule has 8 nitrogen and oxygen atoms in total. The highest BCUT2D eigenvalue weighted by Crippen LogP contribution is 2.13. The number of carbonyl (C=O) groups excluding carboxylic acids is 2. The number of ether oxygens (including phenoxy) is 2. The van der Waals surface area contributed by atoms with Gasteiger partial charge in [0.1, 0.15) is 23.7 Å². The van der Waals surface area contributed by atoms with Gasteiger partial charge in [0, 0.05) is 6.42 Å². The minimum atomic E-state index is -0.868. The van der Waals surface area contributed by atoms with E-state index in [0.717, 1.165) is 16.6 Å². The Morgan fingerprint density at radius 2 is 1.85 bits per heavy atom. The van der Waals surface area contributed by atoms with Crippen molar-refractivity contribution in [3.63, 3.8) is 0 Å². The Morgan fingerprint density at radius 3 is 2.62 bits per heavy atom. The smallest absolute Gasteiger partial charge is 0.408 e. The molecule has 1 amide bonds. The van der Waals surface area contributed by atoms with E-state index in [1.54, 1.807) is 12.1 Å². The molecular weight excluding hydrogens is 336 g/mol. The van der Waals surface area contributed by atoms with Crippen molar-refractivity contribution in [1.29, 1.82) is 0 Å². The summed E-state index contributed by atoms with van der Waals surface area (Å²) in [6.07, 6.45) is -0.442.